The van der Waals surface area contributed by atoms with E-state index < -0.39 is 18.2 Å². The smallest absolute Gasteiger partial charge is 0.333 e. The van der Waals surface area contributed by atoms with E-state index in [0.29, 0.717) is 37.9 Å². The van der Waals surface area contributed by atoms with Crippen LogP contribution in [0.4, 0.5) is 0 Å². The van der Waals surface area contributed by atoms with Gasteiger partial charge in [0.15, 0.2) is 0 Å². The van der Waals surface area contributed by atoms with Crippen molar-refractivity contribution < 1.29 is 24.5 Å². The lowest BCUT2D eigenvalue weighted by Crippen LogP contribution is -2.26. The van der Waals surface area contributed by atoms with E-state index in [1.807, 2.05) is 37.4 Å². The van der Waals surface area contributed by atoms with Gasteiger partial charge in [0.2, 0.25) is 0 Å². The summed E-state index contributed by atoms with van der Waals surface area (Å²) < 4.78 is 13.0. The van der Waals surface area contributed by atoms with E-state index in [4.69, 9.17) is 9.47 Å². The summed E-state index contributed by atoms with van der Waals surface area (Å²) in [6.45, 7) is 5.75. The van der Waals surface area contributed by atoms with Crippen molar-refractivity contribution in [2.24, 2.45) is 7.05 Å². The van der Waals surface area contributed by atoms with E-state index in [0.717, 1.165) is 22.3 Å². The number of hydrogen-bond acceptors (Lipinski definition) is 5. The Morgan fingerprint density at radius 3 is 2.33 bits per heavy atom. The molecular weight excluding hydrogens is 418 g/mol. The average Bonchev–Trinajstić information content (AvgIpc) is 3.15. The minimum absolute atomic E-state index is 0.201. The Hall–Kier alpha value is -3.09. The minimum Gasteiger partial charge on any atom is -0.494 e. The predicted molar refractivity (Wildman–Crippen MR) is 130 cm³/mol. The lowest BCUT2D eigenvalue weighted by Gasteiger charge is -2.18. The second-order valence-electron chi connectivity index (χ2n) is 8.36. The lowest BCUT2D eigenvalue weighted by molar-refractivity contribution is -0.139. The molecule has 33 heavy (non-hydrogen) atoms. The molecule has 3 aromatic rings. The molecule has 2 aromatic carbocycles. The maximum atomic E-state index is 11.3. The molecule has 0 aliphatic heterocycles. The molecule has 1 aromatic heterocycles. The minimum atomic E-state index is -0.857. The summed E-state index contributed by atoms with van der Waals surface area (Å²) in [5.41, 5.74) is 3.75. The zero-order valence-corrected chi connectivity index (χ0v) is 19.4. The first kappa shape index (κ1) is 24.6. The Bertz CT molecular complexity index is 1070. The summed E-state index contributed by atoms with van der Waals surface area (Å²) in [6, 6.07) is 18.5. The van der Waals surface area contributed by atoms with Crippen LogP contribution in [0.3, 0.4) is 0 Å². The molecule has 2 unspecified atom stereocenters. The number of aromatic nitrogens is 1. The van der Waals surface area contributed by atoms with Crippen LogP contribution < -0.4 is 4.74 Å². The number of aliphatic hydroxyl groups excluding tert-OH is 2. The van der Waals surface area contributed by atoms with Gasteiger partial charge in [0.05, 0.1) is 30.9 Å². The van der Waals surface area contributed by atoms with Crippen molar-refractivity contribution in [2.75, 3.05) is 13.2 Å². The Kier molecular flexibility index (Phi) is 8.69. The normalized spacial score (nSPS) is 13.0. The number of esters is 1. The van der Waals surface area contributed by atoms with Crippen LogP contribution in [0.25, 0.3) is 22.2 Å². The zero-order valence-electron chi connectivity index (χ0n) is 19.4. The Morgan fingerprint density at radius 2 is 1.67 bits per heavy atom. The highest BCUT2D eigenvalue weighted by molar-refractivity contribution is 5.88. The van der Waals surface area contributed by atoms with Gasteiger partial charge >= 0.3 is 5.97 Å². The second kappa shape index (κ2) is 11.7. The van der Waals surface area contributed by atoms with Crippen molar-refractivity contribution in [3.8, 4) is 17.0 Å². The number of ether oxygens (including phenoxy) is 2. The highest BCUT2D eigenvalue weighted by atomic mass is 16.5. The van der Waals surface area contributed by atoms with E-state index >= 15 is 0 Å². The van der Waals surface area contributed by atoms with Gasteiger partial charge in [-0.15, -0.1) is 0 Å². The van der Waals surface area contributed by atoms with Gasteiger partial charge in [-0.1, -0.05) is 36.9 Å². The topological polar surface area (TPSA) is 80.9 Å². The zero-order chi connectivity index (χ0) is 23.8. The fraction of sp³-hybridized carbons (Fsp3) is 0.370. The van der Waals surface area contributed by atoms with Crippen LogP contribution in [0.1, 0.15) is 32.6 Å². The number of hydrogen-bond donors (Lipinski definition) is 2. The standard InChI is InChI=1S/C27H33NO5/c1-19(2)27(31)33-16-8-12-26(30)25(29)11-7-15-32-22-14-13-21-17-23(28(3)24(21)18-22)20-9-5-4-6-10-20/h4-6,9-10,13-14,17-18,25-26,29-30H,1,7-8,11-12,15-16H2,2-3H3. The summed E-state index contributed by atoms with van der Waals surface area (Å²) in [5.74, 6) is 0.338. The average molecular weight is 452 g/mol. The molecule has 1 heterocycles. The van der Waals surface area contributed by atoms with Crippen LogP contribution in [0.2, 0.25) is 0 Å². The van der Waals surface area contributed by atoms with Crippen molar-refractivity contribution in [3.63, 3.8) is 0 Å². The van der Waals surface area contributed by atoms with Gasteiger partial charge in [0.25, 0.3) is 0 Å². The Morgan fingerprint density at radius 1 is 1.00 bits per heavy atom. The molecule has 2 atom stereocenters. The first-order chi connectivity index (χ1) is 15.9. The van der Waals surface area contributed by atoms with Crippen LogP contribution in [0.5, 0.6) is 5.75 Å². The molecule has 0 radical (unpaired) electrons. The number of aliphatic hydroxyl groups is 2. The predicted octanol–water partition coefficient (Wildman–Crippen LogP) is 4.63. The van der Waals surface area contributed by atoms with Gasteiger partial charge in [-0.2, -0.15) is 0 Å². The monoisotopic (exact) mass is 451 g/mol. The van der Waals surface area contributed by atoms with E-state index in [-0.39, 0.29) is 6.61 Å². The maximum Gasteiger partial charge on any atom is 0.333 e. The lowest BCUT2D eigenvalue weighted by atomic mass is 10.0. The third-order valence-electron chi connectivity index (χ3n) is 5.67. The highest BCUT2D eigenvalue weighted by Gasteiger charge is 2.16. The molecule has 0 fully saturated rings. The summed E-state index contributed by atoms with van der Waals surface area (Å²) in [6.07, 6.45) is 0.189. The summed E-state index contributed by atoms with van der Waals surface area (Å²) in [4.78, 5) is 11.3. The number of nitrogens with zero attached hydrogens (tertiary/aromatic N) is 1. The number of aryl methyl sites for hydroxylation is 1. The fourth-order valence-corrected chi connectivity index (χ4v) is 3.73. The van der Waals surface area contributed by atoms with Crippen molar-refractivity contribution >= 4 is 16.9 Å². The summed E-state index contributed by atoms with van der Waals surface area (Å²) in [5, 5.41) is 21.4. The quantitative estimate of drug-likeness (QED) is 0.238. The molecule has 176 valence electrons. The van der Waals surface area contributed by atoms with E-state index in [1.54, 1.807) is 6.92 Å². The van der Waals surface area contributed by atoms with Gasteiger partial charge in [-0.25, -0.2) is 4.79 Å². The van der Waals surface area contributed by atoms with E-state index in [2.05, 4.69) is 35.4 Å². The van der Waals surface area contributed by atoms with Crippen molar-refractivity contribution in [1.29, 1.82) is 0 Å². The second-order valence-corrected chi connectivity index (χ2v) is 8.36. The Labute approximate surface area is 195 Å². The van der Waals surface area contributed by atoms with Gasteiger partial charge in [-0.3, -0.25) is 0 Å². The van der Waals surface area contributed by atoms with Crippen molar-refractivity contribution in [3.05, 3.63) is 66.7 Å². The molecule has 0 amide bonds. The van der Waals surface area contributed by atoms with Gasteiger partial charge < -0.3 is 24.3 Å². The molecule has 2 N–H and O–H groups in total. The van der Waals surface area contributed by atoms with Crippen LogP contribution in [-0.2, 0) is 16.6 Å². The van der Waals surface area contributed by atoms with Crippen LogP contribution in [-0.4, -0.2) is 46.2 Å². The van der Waals surface area contributed by atoms with Gasteiger partial charge in [0.1, 0.15) is 5.75 Å². The molecule has 0 saturated heterocycles. The highest BCUT2D eigenvalue weighted by Crippen LogP contribution is 2.29. The molecule has 0 bridgehead atoms. The molecule has 6 heteroatoms. The first-order valence-corrected chi connectivity index (χ1v) is 11.3. The third-order valence-corrected chi connectivity index (χ3v) is 5.67. The van der Waals surface area contributed by atoms with Crippen molar-refractivity contribution in [2.45, 2.75) is 44.8 Å². The summed E-state index contributed by atoms with van der Waals surface area (Å²) in [7, 11) is 2.05. The molecular formula is C27H33NO5. The van der Waals surface area contributed by atoms with Gasteiger partial charge in [-0.05, 0) is 56.4 Å². The van der Waals surface area contributed by atoms with Crippen molar-refractivity contribution in [1.82, 2.24) is 4.57 Å². The molecule has 3 rings (SSSR count). The molecule has 0 aliphatic rings. The van der Waals surface area contributed by atoms with E-state index in [1.165, 1.54) is 5.56 Å². The molecule has 0 spiro atoms. The first-order valence-electron chi connectivity index (χ1n) is 11.3. The number of benzene rings is 2. The SMILES string of the molecule is C=C(C)C(=O)OCCCC(O)C(O)CCCOc1ccc2cc(-c3ccccc3)n(C)c2c1. The molecule has 0 aliphatic carbocycles. The number of carbonyl (C=O) groups is 1. The van der Waals surface area contributed by atoms with Crippen LogP contribution in [0, 0.1) is 0 Å². The molecule has 0 saturated carbocycles. The van der Waals surface area contributed by atoms with E-state index in [9.17, 15) is 15.0 Å². The maximum absolute atomic E-state index is 11.3. The van der Waals surface area contributed by atoms with Gasteiger partial charge in [0, 0.05) is 29.8 Å². The summed E-state index contributed by atoms with van der Waals surface area (Å²) >= 11 is 0. The third kappa shape index (κ3) is 6.70. The van der Waals surface area contributed by atoms with Crippen LogP contribution in [0.15, 0.2) is 66.7 Å². The molecule has 6 nitrogen and oxygen atoms in total. The van der Waals surface area contributed by atoms with Crippen LogP contribution >= 0.6 is 0 Å². The number of carbonyl (C=O) groups excluding carboxylic acids is 1. The fourth-order valence-electron chi connectivity index (χ4n) is 3.73. The largest absolute Gasteiger partial charge is 0.494 e. The Balaban J connectivity index is 1.44. The number of fused-ring (bicyclic) bond motifs is 1. The number of rotatable bonds is 12.